The summed E-state index contributed by atoms with van der Waals surface area (Å²) < 4.78 is 36.1. The van der Waals surface area contributed by atoms with E-state index in [0.717, 1.165) is 0 Å². The molecule has 0 heterocycles. The SMILES string of the molecule is CCO[Si](CCCS(=O)O)(OCC)OCC. The lowest BCUT2D eigenvalue weighted by molar-refractivity contribution is 0.0712. The molecule has 0 amide bonds. The molecule has 0 rings (SSSR count). The molecule has 98 valence electrons. The quantitative estimate of drug-likeness (QED) is 0.483. The average Bonchev–Trinajstić information content (AvgIpc) is 2.18. The van der Waals surface area contributed by atoms with Gasteiger partial charge < -0.3 is 17.8 Å². The third-order valence-electron chi connectivity index (χ3n) is 1.89. The summed E-state index contributed by atoms with van der Waals surface area (Å²) in [5.74, 6) is 0.238. The van der Waals surface area contributed by atoms with E-state index in [2.05, 4.69) is 0 Å². The van der Waals surface area contributed by atoms with E-state index in [4.69, 9.17) is 17.8 Å². The standard InChI is InChI=1S/C9H22O5SSi/c1-4-12-16(13-5-2,14-6-3)9-7-8-15(10)11/h4-9H2,1-3H3,(H,10,11). The van der Waals surface area contributed by atoms with Crippen molar-refractivity contribution in [2.24, 2.45) is 0 Å². The van der Waals surface area contributed by atoms with Gasteiger partial charge in [0.2, 0.25) is 0 Å². The Morgan fingerprint density at radius 3 is 1.81 bits per heavy atom. The van der Waals surface area contributed by atoms with Gasteiger partial charge in [-0.05, 0) is 27.2 Å². The van der Waals surface area contributed by atoms with Crippen molar-refractivity contribution in [1.29, 1.82) is 0 Å². The zero-order valence-corrected chi connectivity index (χ0v) is 12.0. The summed E-state index contributed by atoms with van der Waals surface area (Å²) in [4.78, 5) is 0. The first-order valence-electron chi connectivity index (χ1n) is 5.59. The predicted molar refractivity (Wildman–Crippen MR) is 65.7 cm³/mol. The fourth-order valence-electron chi connectivity index (χ4n) is 1.41. The van der Waals surface area contributed by atoms with Gasteiger partial charge in [-0.1, -0.05) is 0 Å². The van der Waals surface area contributed by atoms with Crippen molar-refractivity contribution in [2.45, 2.75) is 33.2 Å². The Balaban J connectivity index is 4.28. The van der Waals surface area contributed by atoms with E-state index in [0.29, 0.717) is 32.3 Å². The van der Waals surface area contributed by atoms with Crippen LogP contribution in [0.2, 0.25) is 6.04 Å². The molecule has 5 nitrogen and oxygen atoms in total. The minimum Gasteiger partial charge on any atom is -0.374 e. The molecule has 0 bridgehead atoms. The highest BCUT2D eigenvalue weighted by molar-refractivity contribution is 7.79. The third-order valence-corrected chi connectivity index (χ3v) is 5.68. The summed E-state index contributed by atoms with van der Waals surface area (Å²) in [6, 6.07) is 0.592. The van der Waals surface area contributed by atoms with Crippen molar-refractivity contribution >= 4 is 19.9 Å². The maximum atomic E-state index is 10.6. The molecule has 1 atom stereocenters. The van der Waals surface area contributed by atoms with Crippen molar-refractivity contribution in [3.05, 3.63) is 0 Å². The highest BCUT2D eigenvalue weighted by Gasteiger charge is 2.39. The molecular weight excluding hydrogens is 248 g/mol. The third kappa shape index (κ3) is 6.72. The van der Waals surface area contributed by atoms with Crippen LogP contribution in [0.25, 0.3) is 0 Å². The Labute approximate surface area is 101 Å². The average molecular weight is 270 g/mol. The van der Waals surface area contributed by atoms with Crippen LogP contribution in [0.4, 0.5) is 0 Å². The van der Waals surface area contributed by atoms with Crippen molar-refractivity contribution in [3.63, 3.8) is 0 Å². The molecule has 1 unspecified atom stereocenters. The van der Waals surface area contributed by atoms with Gasteiger partial charge in [-0.25, -0.2) is 4.21 Å². The number of rotatable bonds is 10. The summed E-state index contributed by atoms with van der Waals surface area (Å²) >= 11 is -1.76. The maximum Gasteiger partial charge on any atom is 0.500 e. The molecule has 0 aromatic rings. The van der Waals surface area contributed by atoms with Crippen LogP contribution in [-0.2, 0) is 24.4 Å². The van der Waals surface area contributed by atoms with Crippen LogP contribution in [0.5, 0.6) is 0 Å². The molecule has 0 fully saturated rings. The summed E-state index contributed by atoms with van der Waals surface area (Å²) in [7, 11) is -2.61. The summed E-state index contributed by atoms with van der Waals surface area (Å²) in [6.45, 7) is 7.29. The first kappa shape index (κ1) is 16.2. The maximum absolute atomic E-state index is 10.6. The second-order valence-corrected chi connectivity index (χ2v) is 6.89. The van der Waals surface area contributed by atoms with Gasteiger partial charge in [0.05, 0.1) is 0 Å². The van der Waals surface area contributed by atoms with Gasteiger partial charge in [-0.2, -0.15) is 0 Å². The van der Waals surface area contributed by atoms with Crippen molar-refractivity contribution < 1.29 is 22.0 Å². The molecule has 0 spiro atoms. The summed E-state index contributed by atoms with van der Waals surface area (Å²) in [5.41, 5.74) is 0. The van der Waals surface area contributed by atoms with Crippen LogP contribution in [0.3, 0.4) is 0 Å². The monoisotopic (exact) mass is 270 g/mol. The lowest BCUT2D eigenvalue weighted by Gasteiger charge is -2.28. The van der Waals surface area contributed by atoms with Crippen LogP contribution in [0.15, 0.2) is 0 Å². The first-order valence-corrected chi connectivity index (χ1v) is 8.80. The van der Waals surface area contributed by atoms with Gasteiger partial charge in [0.1, 0.15) is 0 Å². The molecule has 1 N–H and O–H groups in total. The van der Waals surface area contributed by atoms with E-state index in [1.165, 1.54) is 0 Å². The van der Waals surface area contributed by atoms with Gasteiger partial charge >= 0.3 is 8.80 Å². The Kier molecular flexibility index (Phi) is 9.38. The molecule has 0 radical (unpaired) electrons. The van der Waals surface area contributed by atoms with Crippen LogP contribution < -0.4 is 0 Å². The van der Waals surface area contributed by atoms with E-state index in [9.17, 15) is 4.21 Å². The van der Waals surface area contributed by atoms with Crippen molar-refractivity contribution in [2.75, 3.05) is 25.6 Å². The zero-order chi connectivity index (χ0) is 12.4. The Morgan fingerprint density at radius 1 is 1.06 bits per heavy atom. The minimum absolute atomic E-state index is 0.238. The predicted octanol–water partition coefficient (Wildman–Crippen LogP) is 1.65. The first-order chi connectivity index (χ1) is 7.60. The molecule has 0 aliphatic rings. The smallest absolute Gasteiger partial charge is 0.374 e. The van der Waals surface area contributed by atoms with Gasteiger partial charge in [-0.15, -0.1) is 0 Å². The van der Waals surface area contributed by atoms with Gasteiger partial charge in [0.15, 0.2) is 11.1 Å². The fourth-order valence-corrected chi connectivity index (χ4v) is 4.67. The summed E-state index contributed by atoms with van der Waals surface area (Å²) in [5, 5.41) is 0. The Bertz CT molecular complexity index is 185. The minimum atomic E-state index is -2.61. The molecule has 0 aliphatic heterocycles. The molecule has 7 heteroatoms. The Hall–Kier alpha value is 0.207. The lowest BCUT2D eigenvalue weighted by atomic mass is 10.6. The highest BCUT2D eigenvalue weighted by atomic mass is 32.2. The molecule has 16 heavy (non-hydrogen) atoms. The van der Waals surface area contributed by atoms with E-state index < -0.39 is 19.9 Å². The molecule has 0 saturated carbocycles. The second-order valence-electron chi connectivity index (χ2n) is 3.11. The highest BCUT2D eigenvalue weighted by Crippen LogP contribution is 2.18. The van der Waals surface area contributed by atoms with Gasteiger partial charge in [-0.3, -0.25) is 0 Å². The van der Waals surface area contributed by atoms with Crippen molar-refractivity contribution in [3.8, 4) is 0 Å². The van der Waals surface area contributed by atoms with E-state index in [1.54, 1.807) is 0 Å². The topological polar surface area (TPSA) is 65.0 Å². The van der Waals surface area contributed by atoms with Crippen LogP contribution in [-0.4, -0.2) is 43.1 Å². The van der Waals surface area contributed by atoms with E-state index in [1.807, 2.05) is 20.8 Å². The van der Waals surface area contributed by atoms with Crippen molar-refractivity contribution in [1.82, 2.24) is 0 Å². The fraction of sp³-hybridized carbons (Fsp3) is 1.00. The normalized spacial score (nSPS) is 14.0. The van der Waals surface area contributed by atoms with Crippen LogP contribution >= 0.6 is 0 Å². The molecule has 0 aromatic carbocycles. The van der Waals surface area contributed by atoms with E-state index in [-0.39, 0.29) is 5.75 Å². The zero-order valence-electron chi connectivity index (χ0n) is 10.2. The van der Waals surface area contributed by atoms with Crippen LogP contribution in [0.1, 0.15) is 27.2 Å². The lowest BCUT2D eigenvalue weighted by Crippen LogP contribution is -2.46. The van der Waals surface area contributed by atoms with E-state index >= 15 is 0 Å². The Morgan fingerprint density at radius 2 is 1.50 bits per heavy atom. The van der Waals surface area contributed by atoms with Crippen LogP contribution in [0, 0.1) is 0 Å². The molecular formula is C9H22O5SSi. The second kappa shape index (κ2) is 9.26. The number of hydrogen-bond acceptors (Lipinski definition) is 4. The van der Waals surface area contributed by atoms with Gasteiger partial charge in [0, 0.05) is 31.6 Å². The molecule has 0 aliphatic carbocycles. The summed E-state index contributed by atoms with van der Waals surface area (Å²) in [6.07, 6.45) is 0.579. The number of hydrogen-bond donors (Lipinski definition) is 1. The van der Waals surface area contributed by atoms with Gasteiger partial charge in [0.25, 0.3) is 0 Å². The molecule has 0 aromatic heterocycles. The molecule has 0 saturated heterocycles. The largest absolute Gasteiger partial charge is 0.500 e.